The molecule has 0 atom stereocenters. The second-order valence-corrected chi connectivity index (χ2v) is 11.3. The molecule has 2 aromatic heterocycles. The van der Waals surface area contributed by atoms with Crippen molar-refractivity contribution in [1.82, 2.24) is 19.5 Å². The predicted molar refractivity (Wildman–Crippen MR) is 177 cm³/mol. The first kappa shape index (κ1) is 26.5. The number of hydrogen-bond acceptors (Lipinski definition) is 3. The second kappa shape index (κ2) is 10.2. The summed E-state index contributed by atoms with van der Waals surface area (Å²) in [6, 6.07) is 46.4. The lowest BCUT2D eigenvalue weighted by Gasteiger charge is -2.24. The molecule has 0 saturated heterocycles. The van der Waals surface area contributed by atoms with Crippen LogP contribution in [0.4, 0.5) is 0 Å². The van der Waals surface area contributed by atoms with Crippen molar-refractivity contribution in [3.8, 4) is 51.0 Å². The fourth-order valence-corrected chi connectivity index (χ4v) is 6.44. The first-order valence-electron chi connectivity index (χ1n) is 14.3. The van der Waals surface area contributed by atoms with Crippen molar-refractivity contribution in [2.24, 2.45) is 0 Å². The van der Waals surface area contributed by atoms with Crippen molar-refractivity contribution in [2.75, 3.05) is 0 Å². The van der Waals surface area contributed by atoms with Crippen molar-refractivity contribution in [3.05, 3.63) is 145 Å². The van der Waals surface area contributed by atoms with Crippen molar-refractivity contribution < 1.29 is 0 Å². The number of aromatic nitrogens is 4. The van der Waals surface area contributed by atoms with Gasteiger partial charge in [0.2, 0.25) is 0 Å². The number of nitrogens with zero attached hydrogens (tertiary/aromatic N) is 4. The molecule has 4 heteroatoms. The summed E-state index contributed by atoms with van der Waals surface area (Å²) in [5, 5.41) is 1.28. The Kier molecular flexibility index (Phi) is 6.28. The molecule has 43 heavy (non-hydrogen) atoms. The first-order chi connectivity index (χ1) is 20.6. The highest BCUT2D eigenvalue weighted by Gasteiger charge is 2.40. The lowest BCUT2D eigenvalue weighted by atomic mass is 9.85. The zero-order valence-electron chi connectivity index (χ0n) is 23.5. The molecule has 208 valence electrons. The van der Waals surface area contributed by atoms with Crippen molar-refractivity contribution in [3.63, 3.8) is 0 Å². The highest BCUT2D eigenvalue weighted by atomic mass is 15.0. The molecule has 0 bridgehead atoms. The third-order valence-corrected chi connectivity index (χ3v) is 8.42. The zero-order valence-corrected chi connectivity index (χ0v) is 23.5. The van der Waals surface area contributed by atoms with E-state index >= 15 is 0 Å². The number of benzene rings is 5. The Morgan fingerprint density at radius 2 is 1.00 bits per heavy atom. The molecule has 1 aliphatic rings. The quantitative estimate of drug-likeness (QED) is 0.217. The molecule has 4 nitrogen and oxygen atoms in total. The highest BCUT2D eigenvalue weighted by Crippen LogP contribution is 2.53. The van der Waals surface area contributed by atoms with Crippen LogP contribution in [0.3, 0.4) is 0 Å². The monoisotopic (exact) mass is 556 g/mol. The maximum Gasteiger partial charge on any atom is 0.164 e. The third-order valence-electron chi connectivity index (χ3n) is 8.42. The zero-order chi connectivity index (χ0) is 28.3. The van der Waals surface area contributed by atoms with Gasteiger partial charge in [0.05, 0.1) is 5.52 Å². The van der Waals surface area contributed by atoms with E-state index in [1.165, 1.54) is 33.3 Å². The van der Waals surface area contributed by atoms with Crippen LogP contribution in [0.1, 0.15) is 32.5 Å². The summed E-state index contributed by atoms with van der Waals surface area (Å²) in [4.78, 5) is 14.7. The van der Waals surface area contributed by atoms with Crippen molar-refractivity contribution in [2.45, 2.75) is 26.7 Å². The van der Waals surface area contributed by atoms with Crippen LogP contribution in [-0.4, -0.2) is 19.5 Å². The standard InChI is InChI=1S/C38H28N4.CH4/c1-38(2)31-19-11-9-17-29(31)33-30-18-10-12-20-32(30)42(34(33)38)28-23-21-27(22-24-28)37-40-35(25-13-5-3-6-14-25)39-36(41-37)26-15-7-4-8-16-26;/h3-24H,1-2H3;1H4. The fraction of sp³-hybridized carbons (Fsp3) is 0.103. The Balaban J connectivity index is 0.00000300. The molecule has 0 amide bonds. The molecule has 0 spiro atoms. The summed E-state index contributed by atoms with van der Waals surface area (Å²) in [6.45, 7) is 4.67. The molecule has 2 heterocycles. The molecular formula is C39H32N4. The number of rotatable bonds is 4. The Morgan fingerprint density at radius 1 is 0.512 bits per heavy atom. The Hall–Kier alpha value is -5.35. The van der Waals surface area contributed by atoms with E-state index in [0.29, 0.717) is 17.5 Å². The second-order valence-electron chi connectivity index (χ2n) is 11.3. The van der Waals surface area contributed by atoms with Gasteiger partial charge in [-0.1, -0.05) is 124 Å². The van der Waals surface area contributed by atoms with Crippen LogP contribution in [0.5, 0.6) is 0 Å². The SMILES string of the molecule is C.CC1(C)c2ccccc2-c2c1n(-c1ccc(-c3nc(-c4ccccc4)nc(-c4ccccc4)n3)cc1)c1ccccc21. The largest absolute Gasteiger partial charge is 0.312 e. The van der Waals surface area contributed by atoms with Gasteiger partial charge in [0, 0.05) is 44.4 Å². The van der Waals surface area contributed by atoms with Gasteiger partial charge in [0.15, 0.2) is 17.5 Å². The molecule has 0 radical (unpaired) electrons. The lowest BCUT2D eigenvalue weighted by molar-refractivity contribution is 0.624. The Labute approximate surface area is 252 Å². The van der Waals surface area contributed by atoms with E-state index in [9.17, 15) is 0 Å². The van der Waals surface area contributed by atoms with Gasteiger partial charge in [0.1, 0.15) is 0 Å². The molecule has 8 rings (SSSR count). The summed E-state index contributed by atoms with van der Waals surface area (Å²) >= 11 is 0. The maximum atomic E-state index is 4.92. The van der Waals surface area contributed by atoms with Crippen LogP contribution in [0.2, 0.25) is 0 Å². The third kappa shape index (κ3) is 4.18. The molecule has 0 aliphatic heterocycles. The minimum atomic E-state index is -0.132. The van der Waals surface area contributed by atoms with Gasteiger partial charge in [-0.25, -0.2) is 15.0 Å². The average Bonchev–Trinajstić information content (AvgIpc) is 3.52. The van der Waals surface area contributed by atoms with Crippen LogP contribution >= 0.6 is 0 Å². The van der Waals surface area contributed by atoms with Crippen LogP contribution in [-0.2, 0) is 5.41 Å². The van der Waals surface area contributed by atoms with E-state index in [1.807, 2.05) is 60.7 Å². The van der Waals surface area contributed by atoms with E-state index in [-0.39, 0.29) is 12.8 Å². The van der Waals surface area contributed by atoms with Gasteiger partial charge < -0.3 is 4.57 Å². The minimum Gasteiger partial charge on any atom is -0.312 e. The van der Waals surface area contributed by atoms with Gasteiger partial charge in [-0.3, -0.25) is 0 Å². The normalized spacial score (nSPS) is 12.9. The molecule has 0 saturated carbocycles. The molecule has 0 fully saturated rings. The Bertz CT molecular complexity index is 2030. The molecule has 0 N–H and O–H groups in total. The maximum absolute atomic E-state index is 4.92. The average molecular weight is 557 g/mol. The molecular weight excluding hydrogens is 524 g/mol. The summed E-state index contributed by atoms with van der Waals surface area (Å²) in [7, 11) is 0. The predicted octanol–water partition coefficient (Wildman–Crippen LogP) is 9.76. The van der Waals surface area contributed by atoms with E-state index < -0.39 is 0 Å². The number of fused-ring (bicyclic) bond motifs is 5. The topological polar surface area (TPSA) is 43.6 Å². The first-order valence-corrected chi connectivity index (χ1v) is 14.3. The van der Waals surface area contributed by atoms with Crippen LogP contribution < -0.4 is 0 Å². The van der Waals surface area contributed by atoms with Crippen LogP contribution in [0.25, 0.3) is 61.9 Å². The highest BCUT2D eigenvalue weighted by molar-refractivity contribution is 6.03. The van der Waals surface area contributed by atoms with Gasteiger partial charge in [-0.05, 0) is 41.5 Å². The van der Waals surface area contributed by atoms with Crippen molar-refractivity contribution in [1.29, 1.82) is 0 Å². The number of para-hydroxylation sites is 1. The number of hydrogen-bond donors (Lipinski definition) is 0. The van der Waals surface area contributed by atoms with Gasteiger partial charge in [0.25, 0.3) is 0 Å². The van der Waals surface area contributed by atoms with Gasteiger partial charge >= 0.3 is 0 Å². The van der Waals surface area contributed by atoms with E-state index in [1.54, 1.807) is 0 Å². The summed E-state index contributed by atoms with van der Waals surface area (Å²) in [6.07, 6.45) is 0. The van der Waals surface area contributed by atoms with Gasteiger partial charge in [-0.2, -0.15) is 0 Å². The smallest absolute Gasteiger partial charge is 0.164 e. The molecule has 0 unspecified atom stereocenters. The molecule has 1 aliphatic carbocycles. The van der Waals surface area contributed by atoms with Gasteiger partial charge in [-0.15, -0.1) is 0 Å². The van der Waals surface area contributed by atoms with Crippen LogP contribution in [0, 0.1) is 0 Å². The Morgan fingerprint density at radius 3 is 1.60 bits per heavy atom. The summed E-state index contributed by atoms with van der Waals surface area (Å²) in [5.74, 6) is 1.99. The summed E-state index contributed by atoms with van der Waals surface area (Å²) in [5.41, 5.74) is 10.5. The van der Waals surface area contributed by atoms with E-state index in [4.69, 9.17) is 15.0 Å². The molecule has 5 aromatic carbocycles. The fourth-order valence-electron chi connectivity index (χ4n) is 6.44. The van der Waals surface area contributed by atoms with Crippen LogP contribution in [0.15, 0.2) is 133 Å². The summed E-state index contributed by atoms with van der Waals surface area (Å²) < 4.78 is 2.44. The molecule has 7 aromatic rings. The lowest BCUT2D eigenvalue weighted by Crippen LogP contribution is -2.19. The van der Waals surface area contributed by atoms with E-state index in [2.05, 4.69) is 91.2 Å². The van der Waals surface area contributed by atoms with E-state index in [0.717, 1.165) is 22.4 Å². The van der Waals surface area contributed by atoms with Crippen molar-refractivity contribution >= 4 is 10.9 Å². The minimum absolute atomic E-state index is 0.